The molecule has 2 aliphatic rings. The Bertz CT molecular complexity index is 969. The average molecular weight is 410 g/mol. The van der Waals surface area contributed by atoms with E-state index in [0.717, 1.165) is 55.2 Å². The summed E-state index contributed by atoms with van der Waals surface area (Å²) in [7, 11) is 3.32. The molecular weight excluding hydrogens is 381 g/mol. The summed E-state index contributed by atoms with van der Waals surface area (Å²) in [6.45, 7) is 4.54. The molecule has 1 fully saturated rings. The van der Waals surface area contributed by atoms with Crippen LogP contribution in [0.4, 0.5) is 4.39 Å². The quantitative estimate of drug-likeness (QED) is 0.830. The molecule has 0 saturated carbocycles. The second-order valence-electron chi connectivity index (χ2n) is 7.80. The van der Waals surface area contributed by atoms with Crippen LogP contribution in [0, 0.1) is 5.82 Å². The van der Waals surface area contributed by atoms with Gasteiger partial charge in [0.1, 0.15) is 11.7 Å². The zero-order valence-corrected chi connectivity index (χ0v) is 17.7. The summed E-state index contributed by atoms with van der Waals surface area (Å²) >= 11 is 0. The highest BCUT2D eigenvalue weighted by molar-refractivity contribution is 6.01. The van der Waals surface area contributed by atoms with Gasteiger partial charge in [0.05, 0.1) is 14.2 Å². The average Bonchev–Trinajstić information content (AvgIpc) is 2.77. The topological polar surface area (TPSA) is 46.1 Å². The maximum absolute atomic E-state index is 13.4. The summed E-state index contributed by atoms with van der Waals surface area (Å²) in [6, 6.07) is 11.0. The van der Waals surface area contributed by atoms with E-state index in [1.54, 1.807) is 14.2 Å². The summed E-state index contributed by atoms with van der Waals surface area (Å²) in [5, 5.41) is 3.55. The zero-order valence-electron chi connectivity index (χ0n) is 17.7. The summed E-state index contributed by atoms with van der Waals surface area (Å²) in [6.07, 6.45) is 3.85. The lowest BCUT2D eigenvalue weighted by Crippen LogP contribution is -2.48. The van der Waals surface area contributed by atoms with Crippen molar-refractivity contribution < 1.29 is 13.9 Å². The number of nitrogens with zero attached hydrogens (tertiary/aromatic N) is 2. The fourth-order valence-corrected chi connectivity index (χ4v) is 4.09. The first-order valence-electron chi connectivity index (χ1n) is 10.3. The highest BCUT2D eigenvalue weighted by Gasteiger charge is 2.26. The Kier molecular flexibility index (Phi) is 6.04. The predicted octanol–water partition coefficient (Wildman–Crippen LogP) is 4.09. The Hall–Kier alpha value is -2.86. The fraction of sp³-hybridized carbons (Fsp3) is 0.375. The van der Waals surface area contributed by atoms with Crippen LogP contribution in [0.15, 0.2) is 53.2 Å². The zero-order chi connectivity index (χ0) is 21.1. The fourth-order valence-electron chi connectivity index (χ4n) is 4.09. The molecule has 30 heavy (non-hydrogen) atoms. The number of nitrogens with one attached hydrogen (secondary N) is 1. The van der Waals surface area contributed by atoms with Gasteiger partial charge in [-0.15, -0.1) is 0 Å². The minimum absolute atomic E-state index is 0.112. The molecule has 158 valence electrons. The maximum atomic E-state index is 13.4. The number of hydrogen-bond donors (Lipinski definition) is 1. The van der Waals surface area contributed by atoms with Gasteiger partial charge in [-0.05, 0) is 55.2 Å². The van der Waals surface area contributed by atoms with E-state index < -0.39 is 0 Å². The Morgan fingerprint density at radius 2 is 1.80 bits per heavy atom. The molecule has 0 bridgehead atoms. The van der Waals surface area contributed by atoms with Crippen molar-refractivity contribution in [3.05, 3.63) is 70.7 Å². The lowest BCUT2D eigenvalue weighted by Gasteiger charge is -2.37. The number of halogens is 1. The molecule has 2 heterocycles. The molecule has 2 aliphatic heterocycles. The number of aryl methyl sites for hydroxylation is 1. The number of allylic oxidation sites excluding steroid dienone is 1. The molecule has 5 nitrogen and oxygen atoms in total. The largest absolute Gasteiger partial charge is 0.493 e. The van der Waals surface area contributed by atoms with Crippen LogP contribution in [0.2, 0.25) is 0 Å². The predicted molar refractivity (Wildman–Crippen MR) is 117 cm³/mol. The normalized spacial score (nSPS) is 19.2. The number of aliphatic imine (C=N–C) groups is 1. The molecule has 1 saturated heterocycles. The number of benzene rings is 2. The van der Waals surface area contributed by atoms with Crippen molar-refractivity contribution in [3.63, 3.8) is 0 Å². The minimum Gasteiger partial charge on any atom is -0.493 e. The summed E-state index contributed by atoms with van der Waals surface area (Å²) < 4.78 is 24.5. The van der Waals surface area contributed by atoms with Crippen LogP contribution in [0.5, 0.6) is 11.5 Å². The lowest BCUT2D eigenvalue weighted by atomic mass is 9.96. The van der Waals surface area contributed by atoms with Crippen molar-refractivity contribution in [2.75, 3.05) is 33.9 Å². The van der Waals surface area contributed by atoms with Crippen molar-refractivity contribution in [2.24, 2.45) is 4.99 Å². The Balaban J connectivity index is 1.71. The van der Waals surface area contributed by atoms with Gasteiger partial charge in [-0.2, -0.15) is 0 Å². The van der Waals surface area contributed by atoms with Crippen LogP contribution in [0.3, 0.4) is 0 Å². The van der Waals surface area contributed by atoms with Crippen LogP contribution >= 0.6 is 0 Å². The van der Waals surface area contributed by atoms with Crippen LogP contribution in [-0.2, 0) is 6.42 Å². The van der Waals surface area contributed by atoms with Gasteiger partial charge in [0.15, 0.2) is 11.5 Å². The van der Waals surface area contributed by atoms with Gasteiger partial charge in [0.25, 0.3) is 0 Å². The molecule has 0 aliphatic carbocycles. The van der Waals surface area contributed by atoms with E-state index in [2.05, 4.69) is 23.2 Å². The van der Waals surface area contributed by atoms with E-state index in [4.69, 9.17) is 14.5 Å². The minimum atomic E-state index is -0.216. The molecule has 0 radical (unpaired) electrons. The third-order valence-electron chi connectivity index (χ3n) is 5.79. The molecule has 1 atom stereocenters. The summed E-state index contributed by atoms with van der Waals surface area (Å²) in [4.78, 5) is 7.21. The molecule has 1 unspecified atom stereocenters. The van der Waals surface area contributed by atoms with Crippen molar-refractivity contribution >= 4 is 5.84 Å². The molecular formula is C24H28FN3O2. The Labute approximate surface area is 177 Å². The Morgan fingerprint density at radius 3 is 2.53 bits per heavy atom. The van der Waals surface area contributed by atoms with Crippen molar-refractivity contribution in [2.45, 2.75) is 25.8 Å². The van der Waals surface area contributed by atoms with E-state index in [1.807, 2.05) is 24.4 Å². The summed E-state index contributed by atoms with van der Waals surface area (Å²) in [5.41, 5.74) is 4.61. The molecule has 4 rings (SSSR count). The molecule has 2 aromatic rings. The SMILES string of the molecule is COc1cc2c(cc1OC)C(N1CCNC(c3ccc(F)cc3)C1)=NC=C(C)CC2. The van der Waals surface area contributed by atoms with Crippen molar-refractivity contribution in [1.29, 1.82) is 0 Å². The molecule has 6 heteroatoms. The number of fused-ring (bicyclic) bond motifs is 1. The number of ether oxygens (including phenoxy) is 2. The van der Waals surface area contributed by atoms with Gasteiger partial charge in [0, 0.05) is 37.4 Å². The highest BCUT2D eigenvalue weighted by atomic mass is 19.1. The van der Waals surface area contributed by atoms with E-state index in [1.165, 1.54) is 23.3 Å². The number of amidine groups is 1. The first kappa shape index (κ1) is 20.4. The van der Waals surface area contributed by atoms with Gasteiger partial charge in [-0.1, -0.05) is 17.7 Å². The van der Waals surface area contributed by atoms with Gasteiger partial charge in [-0.25, -0.2) is 9.38 Å². The molecule has 2 aromatic carbocycles. The van der Waals surface area contributed by atoms with E-state index in [9.17, 15) is 4.39 Å². The standard InChI is InChI=1S/C24H28FN3O2/c1-16-4-5-18-12-22(29-2)23(30-3)13-20(18)24(27-14-16)28-11-10-26-21(15-28)17-6-8-19(25)9-7-17/h6-9,12-14,21,26H,4-5,10-11,15H2,1-3H3. The second kappa shape index (κ2) is 8.88. The van der Waals surface area contributed by atoms with Crippen molar-refractivity contribution in [3.8, 4) is 11.5 Å². The second-order valence-corrected chi connectivity index (χ2v) is 7.80. The van der Waals surface area contributed by atoms with Gasteiger partial charge in [0.2, 0.25) is 0 Å². The van der Waals surface area contributed by atoms with E-state index in [-0.39, 0.29) is 11.9 Å². The van der Waals surface area contributed by atoms with Crippen molar-refractivity contribution in [1.82, 2.24) is 10.2 Å². The van der Waals surface area contributed by atoms with Gasteiger partial charge < -0.3 is 19.7 Å². The highest BCUT2D eigenvalue weighted by Crippen LogP contribution is 2.34. The van der Waals surface area contributed by atoms with E-state index in [0.29, 0.717) is 5.75 Å². The maximum Gasteiger partial charge on any atom is 0.161 e. The Morgan fingerprint density at radius 1 is 1.07 bits per heavy atom. The summed E-state index contributed by atoms with van der Waals surface area (Å²) in [5.74, 6) is 2.17. The first-order valence-corrected chi connectivity index (χ1v) is 10.3. The number of piperazine rings is 1. The number of hydrogen-bond acceptors (Lipinski definition) is 5. The number of methoxy groups -OCH3 is 2. The van der Waals surface area contributed by atoms with Gasteiger partial charge >= 0.3 is 0 Å². The first-order chi connectivity index (χ1) is 14.6. The third-order valence-corrected chi connectivity index (χ3v) is 5.79. The molecule has 0 spiro atoms. The molecule has 0 amide bonds. The number of rotatable bonds is 3. The lowest BCUT2D eigenvalue weighted by molar-refractivity contribution is 0.294. The third kappa shape index (κ3) is 4.19. The molecule has 0 aromatic heterocycles. The van der Waals surface area contributed by atoms with Crippen LogP contribution in [0.25, 0.3) is 0 Å². The van der Waals surface area contributed by atoms with Crippen LogP contribution in [-0.4, -0.2) is 44.6 Å². The van der Waals surface area contributed by atoms with E-state index >= 15 is 0 Å². The smallest absolute Gasteiger partial charge is 0.161 e. The molecule has 1 N–H and O–H groups in total. The van der Waals surface area contributed by atoms with Crippen LogP contribution in [0.1, 0.15) is 36.1 Å². The monoisotopic (exact) mass is 409 g/mol. The van der Waals surface area contributed by atoms with Gasteiger partial charge in [-0.3, -0.25) is 0 Å². The van der Waals surface area contributed by atoms with Crippen LogP contribution < -0.4 is 14.8 Å².